The molecule has 4 nitrogen and oxygen atoms in total. The molecule has 0 bridgehead atoms. The quantitative estimate of drug-likeness (QED) is 0.491. The molecule has 0 aromatic carbocycles. The summed E-state index contributed by atoms with van der Waals surface area (Å²) in [5.41, 5.74) is 4.70. The first-order chi connectivity index (χ1) is 8.25. The average molecular weight is 248 g/mol. The van der Waals surface area contributed by atoms with Crippen LogP contribution in [-0.4, -0.2) is 34.3 Å². The van der Waals surface area contributed by atoms with Crippen LogP contribution in [-0.2, 0) is 0 Å². The number of hydrogen-bond acceptors (Lipinski definition) is 3. The summed E-state index contributed by atoms with van der Waals surface area (Å²) in [6.07, 6.45) is 4.12. The molecule has 1 N–H and O–H groups in total. The second-order valence-corrected chi connectivity index (χ2v) is 4.46. The molecule has 2 rings (SSSR count). The van der Waals surface area contributed by atoms with Crippen molar-refractivity contribution < 1.29 is 0 Å². The van der Waals surface area contributed by atoms with Crippen molar-refractivity contribution in [2.45, 2.75) is 19.8 Å². The van der Waals surface area contributed by atoms with Crippen molar-refractivity contribution in [2.75, 3.05) is 13.1 Å². The minimum atomic E-state index is 0.700. The first-order valence-corrected chi connectivity index (χ1v) is 6.18. The summed E-state index contributed by atoms with van der Waals surface area (Å²) < 4.78 is 0. The van der Waals surface area contributed by atoms with Gasteiger partial charge in [0, 0.05) is 18.8 Å². The van der Waals surface area contributed by atoms with Crippen molar-refractivity contribution in [2.24, 2.45) is 5.10 Å². The van der Waals surface area contributed by atoms with Gasteiger partial charge < -0.3 is 4.90 Å². The van der Waals surface area contributed by atoms with Crippen LogP contribution in [0.1, 0.15) is 24.2 Å². The lowest BCUT2D eigenvalue weighted by atomic mass is 10.3. The number of rotatable bonds is 2. The SMILES string of the molecule is Cc1cccc(/C=N/NC(=S)N2CCCC2)n1. The molecule has 90 valence electrons. The van der Waals surface area contributed by atoms with Gasteiger partial charge in [0.2, 0.25) is 0 Å². The Hall–Kier alpha value is -1.49. The highest BCUT2D eigenvalue weighted by molar-refractivity contribution is 7.80. The maximum absolute atomic E-state index is 5.24. The van der Waals surface area contributed by atoms with Gasteiger partial charge in [0.05, 0.1) is 11.9 Å². The van der Waals surface area contributed by atoms with Crippen LogP contribution >= 0.6 is 12.2 Å². The first kappa shape index (κ1) is 12.0. The number of nitrogens with zero attached hydrogens (tertiary/aromatic N) is 3. The van der Waals surface area contributed by atoms with E-state index < -0.39 is 0 Å². The van der Waals surface area contributed by atoms with Crippen LogP contribution in [0.4, 0.5) is 0 Å². The zero-order chi connectivity index (χ0) is 12.1. The third-order valence-electron chi connectivity index (χ3n) is 2.66. The Morgan fingerprint density at radius 2 is 2.24 bits per heavy atom. The molecular formula is C12H16N4S. The summed E-state index contributed by atoms with van der Waals surface area (Å²) in [5, 5.41) is 4.81. The van der Waals surface area contributed by atoms with Gasteiger partial charge in [-0.25, -0.2) is 0 Å². The van der Waals surface area contributed by atoms with Crippen molar-refractivity contribution >= 4 is 23.5 Å². The van der Waals surface area contributed by atoms with Crippen molar-refractivity contribution in [1.82, 2.24) is 15.3 Å². The first-order valence-electron chi connectivity index (χ1n) is 5.77. The summed E-state index contributed by atoms with van der Waals surface area (Å²) in [5.74, 6) is 0. The zero-order valence-electron chi connectivity index (χ0n) is 9.89. The van der Waals surface area contributed by atoms with E-state index in [1.807, 2.05) is 25.1 Å². The molecule has 1 saturated heterocycles. The molecule has 5 heteroatoms. The number of thiocarbonyl (C=S) groups is 1. The fourth-order valence-electron chi connectivity index (χ4n) is 1.78. The van der Waals surface area contributed by atoms with E-state index in [2.05, 4.69) is 20.4 Å². The minimum Gasteiger partial charge on any atom is -0.348 e. The molecule has 1 aliphatic heterocycles. The summed E-state index contributed by atoms with van der Waals surface area (Å²) in [6.45, 7) is 4.02. The van der Waals surface area contributed by atoms with E-state index >= 15 is 0 Å². The summed E-state index contributed by atoms with van der Waals surface area (Å²) in [7, 11) is 0. The molecular weight excluding hydrogens is 232 g/mol. The van der Waals surface area contributed by atoms with Gasteiger partial charge in [0.1, 0.15) is 0 Å². The van der Waals surface area contributed by atoms with E-state index in [1.54, 1.807) is 6.21 Å². The fraction of sp³-hybridized carbons (Fsp3) is 0.417. The Bertz CT molecular complexity index is 424. The van der Waals surface area contributed by atoms with E-state index in [1.165, 1.54) is 12.8 Å². The van der Waals surface area contributed by atoms with E-state index in [9.17, 15) is 0 Å². The zero-order valence-corrected chi connectivity index (χ0v) is 10.7. The molecule has 2 heterocycles. The number of likely N-dealkylation sites (tertiary alicyclic amines) is 1. The Balaban J connectivity index is 1.86. The molecule has 0 spiro atoms. The van der Waals surface area contributed by atoms with Crippen LogP contribution in [0.15, 0.2) is 23.3 Å². The molecule has 0 aliphatic carbocycles. The maximum Gasteiger partial charge on any atom is 0.189 e. The van der Waals surface area contributed by atoms with E-state index in [0.29, 0.717) is 5.11 Å². The maximum atomic E-state index is 5.24. The molecule has 1 aliphatic rings. The van der Waals surface area contributed by atoms with Gasteiger partial charge in [-0.15, -0.1) is 0 Å². The van der Waals surface area contributed by atoms with E-state index in [0.717, 1.165) is 24.5 Å². The van der Waals surface area contributed by atoms with Crippen LogP contribution < -0.4 is 5.43 Å². The lowest BCUT2D eigenvalue weighted by molar-refractivity contribution is 0.509. The lowest BCUT2D eigenvalue weighted by Crippen LogP contribution is -2.34. The topological polar surface area (TPSA) is 40.5 Å². The monoisotopic (exact) mass is 248 g/mol. The molecule has 0 radical (unpaired) electrons. The van der Waals surface area contributed by atoms with Crippen molar-refractivity contribution in [1.29, 1.82) is 0 Å². The smallest absolute Gasteiger partial charge is 0.189 e. The van der Waals surface area contributed by atoms with Gasteiger partial charge in [-0.1, -0.05) is 6.07 Å². The highest BCUT2D eigenvalue weighted by Crippen LogP contribution is 2.06. The van der Waals surface area contributed by atoms with Gasteiger partial charge in [0.15, 0.2) is 5.11 Å². The number of nitrogens with one attached hydrogen (secondary N) is 1. The molecule has 0 saturated carbocycles. The van der Waals surface area contributed by atoms with Crippen molar-refractivity contribution in [3.05, 3.63) is 29.6 Å². The Kier molecular flexibility index (Phi) is 4.03. The molecule has 1 aromatic rings. The molecule has 17 heavy (non-hydrogen) atoms. The number of hydrazone groups is 1. The molecule has 0 amide bonds. The number of aryl methyl sites for hydroxylation is 1. The average Bonchev–Trinajstić information content (AvgIpc) is 2.82. The second kappa shape index (κ2) is 5.72. The normalized spacial score (nSPS) is 15.5. The molecule has 0 atom stereocenters. The van der Waals surface area contributed by atoms with Crippen LogP contribution in [0.2, 0.25) is 0 Å². The highest BCUT2D eigenvalue weighted by atomic mass is 32.1. The van der Waals surface area contributed by atoms with E-state index in [-0.39, 0.29) is 0 Å². The number of pyridine rings is 1. The highest BCUT2D eigenvalue weighted by Gasteiger charge is 2.13. The lowest BCUT2D eigenvalue weighted by Gasteiger charge is -2.16. The Morgan fingerprint density at radius 3 is 2.94 bits per heavy atom. The van der Waals surface area contributed by atoms with Gasteiger partial charge in [-0.2, -0.15) is 5.10 Å². The predicted molar refractivity (Wildman–Crippen MR) is 73.1 cm³/mol. The summed E-state index contributed by atoms with van der Waals surface area (Å²) in [4.78, 5) is 6.46. The molecule has 0 unspecified atom stereocenters. The second-order valence-electron chi connectivity index (χ2n) is 4.07. The van der Waals surface area contributed by atoms with E-state index in [4.69, 9.17) is 12.2 Å². The number of hydrogen-bond donors (Lipinski definition) is 1. The fourth-order valence-corrected chi connectivity index (χ4v) is 2.02. The van der Waals surface area contributed by atoms with Crippen LogP contribution in [0.25, 0.3) is 0 Å². The van der Waals surface area contributed by atoms with Gasteiger partial charge in [-0.3, -0.25) is 10.4 Å². The van der Waals surface area contributed by atoms with Gasteiger partial charge in [0.25, 0.3) is 0 Å². The third kappa shape index (κ3) is 3.49. The minimum absolute atomic E-state index is 0.700. The standard InChI is InChI=1S/C12H16N4S/c1-10-5-4-6-11(14-10)9-13-15-12(17)16-7-2-3-8-16/h4-6,9H,2-3,7-8H2,1H3,(H,15,17)/b13-9+. The molecule has 1 fully saturated rings. The summed E-state index contributed by atoms with van der Waals surface area (Å²) >= 11 is 5.24. The summed E-state index contributed by atoms with van der Waals surface area (Å²) in [6, 6.07) is 5.83. The van der Waals surface area contributed by atoms with Crippen molar-refractivity contribution in [3.63, 3.8) is 0 Å². The van der Waals surface area contributed by atoms with Crippen LogP contribution in [0.5, 0.6) is 0 Å². The molecule has 1 aromatic heterocycles. The number of aromatic nitrogens is 1. The van der Waals surface area contributed by atoms with Crippen LogP contribution in [0, 0.1) is 6.92 Å². The Morgan fingerprint density at radius 1 is 1.47 bits per heavy atom. The van der Waals surface area contributed by atoms with Gasteiger partial charge >= 0.3 is 0 Å². The predicted octanol–water partition coefficient (Wildman–Crippen LogP) is 1.69. The third-order valence-corrected chi connectivity index (χ3v) is 3.01. The largest absolute Gasteiger partial charge is 0.348 e. The Labute approximate surface area is 107 Å². The van der Waals surface area contributed by atoms with Crippen molar-refractivity contribution in [3.8, 4) is 0 Å². The van der Waals surface area contributed by atoms with Gasteiger partial charge in [-0.05, 0) is 44.1 Å². The van der Waals surface area contributed by atoms with Crippen LogP contribution in [0.3, 0.4) is 0 Å².